The molecule has 4 rings (SSSR count). The zero-order valence-electron chi connectivity index (χ0n) is 14.1. The molecular formula is C18H22N4O3. The molecule has 2 aliphatic rings. The molecule has 7 nitrogen and oxygen atoms in total. The van der Waals surface area contributed by atoms with Gasteiger partial charge in [-0.3, -0.25) is 9.69 Å². The summed E-state index contributed by atoms with van der Waals surface area (Å²) in [4.78, 5) is 29.5. The summed E-state index contributed by atoms with van der Waals surface area (Å²) >= 11 is 0. The highest BCUT2D eigenvalue weighted by Crippen LogP contribution is 2.31. The lowest BCUT2D eigenvalue weighted by atomic mass is 9.91. The van der Waals surface area contributed by atoms with E-state index in [4.69, 9.17) is 4.74 Å². The number of nitrogens with zero attached hydrogens (tertiary/aromatic N) is 3. The van der Waals surface area contributed by atoms with E-state index < -0.39 is 6.09 Å². The molecule has 0 unspecified atom stereocenters. The smallest absolute Gasteiger partial charge is 0.410 e. The summed E-state index contributed by atoms with van der Waals surface area (Å²) in [6, 6.07) is 6.74. The van der Waals surface area contributed by atoms with Crippen molar-refractivity contribution in [3.63, 3.8) is 0 Å². The van der Waals surface area contributed by atoms with E-state index in [1.807, 2.05) is 12.3 Å². The van der Waals surface area contributed by atoms with Crippen LogP contribution >= 0.6 is 0 Å². The Kier molecular flexibility index (Phi) is 4.29. The Labute approximate surface area is 146 Å². The predicted octanol–water partition coefficient (Wildman–Crippen LogP) is 2.09. The van der Waals surface area contributed by atoms with Gasteiger partial charge in [-0.25, -0.2) is 9.78 Å². The maximum absolute atomic E-state index is 12.1. The topological polar surface area (TPSA) is 76.5 Å². The first-order valence-corrected chi connectivity index (χ1v) is 8.83. The normalized spacial score (nSPS) is 23.7. The second-order valence-electron chi connectivity index (χ2n) is 6.75. The van der Waals surface area contributed by atoms with Crippen molar-refractivity contribution < 1.29 is 14.3 Å². The summed E-state index contributed by atoms with van der Waals surface area (Å²) in [6.45, 7) is 0.952. The molecule has 1 aliphatic heterocycles. The fourth-order valence-electron chi connectivity index (χ4n) is 3.80. The fraction of sp³-hybridized carbons (Fsp3) is 0.500. The van der Waals surface area contributed by atoms with Gasteiger partial charge in [-0.05, 0) is 43.9 Å². The minimum Gasteiger partial charge on any atom is -0.448 e. The average molecular weight is 342 g/mol. The molecule has 3 heterocycles. The van der Waals surface area contributed by atoms with Crippen LogP contribution in [0.1, 0.15) is 31.7 Å². The molecule has 7 heteroatoms. The minimum absolute atomic E-state index is 0.0882. The van der Waals surface area contributed by atoms with Gasteiger partial charge in [-0.15, -0.1) is 0 Å². The van der Waals surface area contributed by atoms with E-state index in [9.17, 15) is 9.59 Å². The van der Waals surface area contributed by atoms with Gasteiger partial charge in [0.05, 0.1) is 6.54 Å². The van der Waals surface area contributed by atoms with Crippen LogP contribution in [0.5, 0.6) is 0 Å². The summed E-state index contributed by atoms with van der Waals surface area (Å²) in [6.07, 6.45) is 7.44. The highest BCUT2D eigenvalue weighted by molar-refractivity contribution is 5.83. The Morgan fingerprint density at radius 2 is 2.12 bits per heavy atom. The number of fused-ring (bicyclic) bond motifs is 1. The van der Waals surface area contributed by atoms with Crippen molar-refractivity contribution in [3.05, 3.63) is 30.6 Å². The number of hydrogen-bond donors (Lipinski definition) is 1. The monoisotopic (exact) mass is 342 g/mol. The number of ether oxygens (including phenoxy) is 1. The summed E-state index contributed by atoms with van der Waals surface area (Å²) < 4.78 is 7.10. The molecule has 1 saturated carbocycles. The minimum atomic E-state index is -0.397. The maximum atomic E-state index is 12.1. The molecule has 1 aliphatic carbocycles. The highest BCUT2D eigenvalue weighted by Gasteiger charge is 2.27. The molecule has 0 spiro atoms. The van der Waals surface area contributed by atoms with Gasteiger partial charge in [0.15, 0.2) is 0 Å². The number of pyridine rings is 1. The van der Waals surface area contributed by atoms with Crippen molar-refractivity contribution >= 4 is 23.0 Å². The molecule has 1 N–H and O–H groups in total. The van der Waals surface area contributed by atoms with Crippen molar-refractivity contribution in [1.82, 2.24) is 19.8 Å². The SMILES string of the molecule is O=C(CN1CCOC1=O)NC1CCC(n2ccc3cccnc32)CC1. The summed E-state index contributed by atoms with van der Waals surface area (Å²) in [5.74, 6) is -0.101. The lowest BCUT2D eigenvalue weighted by Gasteiger charge is -2.30. The number of amides is 2. The van der Waals surface area contributed by atoms with Crippen LogP contribution < -0.4 is 5.32 Å². The molecule has 132 valence electrons. The first-order chi connectivity index (χ1) is 12.2. The van der Waals surface area contributed by atoms with E-state index in [1.165, 1.54) is 4.90 Å². The Hall–Kier alpha value is -2.57. The van der Waals surface area contributed by atoms with Crippen molar-refractivity contribution in [2.24, 2.45) is 0 Å². The van der Waals surface area contributed by atoms with Gasteiger partial charge in [0.2, 0.25) is 5.91 Å². The van der Waals surface area contributed by atoms with Crippen molar-refractivity contribution in [2.75, 3.05) is 19.7 Å². The van der Waals surface area contributed by atoms with Crippen LogP contribution in [-0.2, 0) is 9.53 Å². The third kappa shape index (κ3) is 3.31. The van der Waals surface area contributed by atoms with Crippen molar-refractivity contribution in [2.45, 2.75) is 37.8 Å². The first-order valence-electron chi connectivity index (χ1n) is 8.83. The molecule has 25 heavy (non-hydrogen) atoms. The third-order valence-electron chi connectivity index (χ3n) is 5.11. The van der Waals surface area contributed by atoms with Crippen LogP contribution in [0, 0.1) is 0 Å². The second-order valence-corrected chi connectivity index (χ2v) is 6.75. The fourth-order valence-corrected chi connectivity index (χ4v) is 3.80. The van der Waals surface area contributed by atoms with Gasteiger partial charge in [-0.1, -0.05) is 0 Å². The Balaban J connectivity index is 1.31. The van der Waals surface area contributed by atoms with Gasteiger partial charge in [-0.2, -0.15) is 0 Å². The van der Waals surface area contributed by atoms with E-state index in [0.29, 0.717) is 19.2 Å². The molecule has 2 fully saturated rings. The summed E-state index contributed by atoms with van der Waals surface area (Å²) in [5, 5.41) is 4.22. The lowest BCUT2D eigenvalue weighted by molar-refractivity contribution is -0.122. The number of carbonyl (C=O) groups excluding carboxylic acids is 2. The molecule has 2 aromatic rings. The van der Waals surface area contributed by atoms with E-state index in [1.54, 1.807) is 0 Å². The zero-order valence-corrected chi connectivity index (χ0v) is 14.1. The highest BCUT2D eigenvalue weighted by atomic mass is 16.6. The van der Waals surface area contributed by atoms with Gasteiger partial charge in [0, 0.05) is 29.9 Å². The average Bonchev–Trinajstić information content (AvgIpc) is 3.22. The van der Waals surface area contributed by atoms with Crippen molar-refractivity contribution in [1.29, 1.82) is 0 Å². The van der Waals surface area contributed by atoms with E-state index in [2.05, 4.69) is 33.2 Å². The third-order valence-corrected chi connectivity index (χ3v) is 5.11. The lowest BCUT2D eigenvalue weighted by Crippen LogP contribution is -2.43. The van der Waals surface area contributed by atoms with Crippen LogP contribution in [0.15, 0.2) is 30.6 Å². The molecular weight excluding hydrogens is 320 g/mol. The largest absolute Gasteiger partial charge is 0.448 e. The van der Waals surface area contributed by atoms with E-state index in [-0.39, 0.29) is 18.5 Å². The number of hydrogen-bond acceptors (Lipinski definition) is 4. The van der Waals surface area contributed by atoms with Gasteiger partial charge < -0.3 is 14.6 Å². The molecule has 0 radical (unpaired) electrons. The molecule has 2 aromatic heterocycles. The van der Waals surface area contributed by atoms with Crippen LogP contribution in [-0.4, -0.2) is 52.2 Å². The van der Waals surface area contributed by atoms with Gasteiger partial charge in [0.25, 0.3) is 0 Å². The van der Waals surface area contributed by atoms with E-state index >= 15 is 0 Å². The molecule has 0 atom stereocenters. The molecule has 0 bridgehead atoms. The molecule has 2 amide bonds. The number of rotatable bonds is 4. The van der Waals surface area contributed by atoms with Crippen LogP contribution in [0.4, 0.5) is 4.79 Å². The van der Waals surface area contributed by atoms with E-state index in [0.717, 1.165) is 36.7 Å². The predicted molar refractivity (Wildman–Crippen MR) is 92.1 cm³/mol. The zero-order chi connectivity index (χ0) is 17.2. The second kappa shape index (κ2) is 6.74. The van der Waals surface area contributed by atoms with Crippen LogP contribution in [0.2, 0.25) is 0 Å². The Morgan fingerprint density at radius 1 is 1.28 bits per heavy atom. The van der Waals surface area contributed by atoms with Crippen molar-refractivity contribution in [3.8, 4) is 0 Å². The number of carbonyl (C=O) groups is 2. The quantitative estimate of drug-likeness (QED) is 0.923. The molecule has 0 aromatic carbocycles. The standard InChI is InChI=1S/C18H22N4O3/c23-16(12-21-10-11-25-18(21)24)20-14-3-5-15(6-4-14)22-9-7-13-2-1-8-19-17(13)22/h1-2,7-9,14-15H,3-6,10-12H2,(H,20,23). The maximum Gasteiger partial charge on any atom is 0.410 e. The van der Waals surface area contributed by atoms with Crippen LogP contribution in [0.3, 0.4) is 0 Å². The van der Waals surface area contributed by atoms with Gasteiger partial charge >= 0.3 is 6.09 Å². The number of nitrogens with one attached hydrogen (secondary N) is 1. The Bertz CT molecular complexity index is 779. The summed E-state index contributed by atoms with van der Waals surface area (Å²) in [5.41, 5.74) is 1.03. The van der Waals surface area contributed by atoms with Crippen LogP contribution in [0.25, 0.3) is 11.0 Å². The number of cyclic esters (lactones) is 1. The summed E-state index contributed by atoms with van der Waals surface area (Å²) in [7, 11) is 0. The number of aromatic nitrogens is 2. The first kappa shape index (κ1) is 15.9. The Morgan fingerprint density at radius 3 is 2.88 bits per heavy atom. The van der Waals surface area contributed by atoms with Gasteiger partial charge in [0.1, 0.15) is 18.8 Å². The molecule has 1 saturated heterocycles.